The second-order valence-electron chi connectivity index (χ2n) is 6.97. The van der Waals surface area contributed by atoms with Gasteiger partial charge in [0.2, 0.25) is 6.79 Å². The van der Waals surface area contributed by atoms with Crippen LogP contribution in [0.4, 0.5) is 0 Å². The molecule has 2 aromatic rings. The smallest absolute Gasteiger partial charge is 0.338 e. The minimum Gasteiger partial charge on any atom is -0.508 e. The molecule has 152 valence electrons. The van der Waals surface area contributed by atoms with E-state index in [9.17, 15) is 14.7 Å². The summed E-state index contributed by atoms with van der Waals surface area (Å²) < 4.78 is 15.8. The highest BCUT2D eigenvalue weighted by Gasteiger charge is 2.23. The fourth-order valence-corrected chi connectivity index (χ4v) is 3.35. The number of carbonyl (C=O) groups is 2. The van der Waals surface area contributed by atoms with Gasteiger partial charge >= 0.3 is 5.97 Å². The van der Waals surface area contributed by atoms with Crippen LogP contribution in [0.25, 0.3) is 0 Å². The first-order valence-corrected chi connectivity index (χ1v) is 9.43. The van der Waals surface area contributed by atoms with Gasteiger partial charge < -0.3 is 24.2 Å². The molecular weight excluding hydrogens is 376 g/mol. The summed E-state index contributed by atoms with van der Waals surface area (Å²) in [5.41, 5.74) is 1.43. The van der Waals surface area contributed by atoms with E-state index in [1.165, 1.54) is 24.3 Å². The van der Waals surface area contributed by atoms with Crippen molar-refractivity contribution in [3.8, 4) is 17.2 Å². The zero-order valence-electron chi connectivity index (χ0n) is 15.9. The maximum Gasteiger partial charge on any atom is 0.338 e. The first-order valence-electron chi connectivity index (χ1n) is 9.43. The number of rotatable bonds is 5. The lowest BCUT2D eigenvalue weighted by Crippen LogP contribution is -2.49. The van der Waals surface area contributed by atoms with Crippen molar-refractivity contribution in [2.45, 2.75) is 6.54 Å². The van der Waals surface area contributed by atoms with E-state index in [0.717, 1.165) is 36.7 Å². The van der Waals surface area contributed by atoms with Crippen molar-refractivity contribution in [2.24, 2.45) is 0 Å². The molecule has 2 heterocycles. The molecule has 0 aliphatic carbocycles. The fraction of sp³-hybridized carbons (Fsp3) is 0.333. The summed E-state index contributed by atoms with van der Waals surface area (Å²) in [5.74, 6) is 0.814. The lowest BCUT2D eigenvalue weighted by Gasteiger charge is -2.34. The molecule has 0 bridgehead atoms. The van der Waals surface area contributed by atoms with E-state index in [1.807, 2.05) is 18.2 Å². The molecule has 0 radical (unpaired) electrons. The van der Waals surface area contributed by atoms with E-state index in [2.05, 4.69) is 4.90 Å². The van der Waals surface area contributed by atoms with Crippen molar-refractivity contribution < 1.29 is 28.9 Å². The monoisotopic (exact) mass is 398 g/mol. The predicted molar refractivity (Wildman–Crippen MR) is 103 cm³/mol. The number of nitrogens with zero attached hydrogens (tertiary/aromatic N) is 2. The topological polar surface area (TPSA) is 88.5 Å². The molecule has 0 spiro atoms. The molecule has 1 saturated heterocycles. The van der Waals surface area contributed by atoms with Crippen molar-refractivity contribution in [2.75, 3.05) is 39.6 Å². The van der Waals surface area contributed by atoms with Gasteiger partial charge in [-0.3, -0.25) is 9.69 Å². The van der Waals surface area contributed by atoms with Crippen LogP contribution in [0, 0.1) is 0 Å². The van der Waals surface area contributed by atoms with Gasteiger partial charge in [-0.05, 0) is 42.0 Å². The zero-order chi connectivity index (χ0) is 20.2. The van der Waals surface area contributed by atoms with Crippen LogP contribution in [-0.2, 0) is 16.1 Å². The Morgan fingerprint density at radius 2 is 1.69 bits per heavy atom. The number of piperazine rings is 1. The Morgan fingerprint density at radius 1 is 0.966 bits per heavy atom. The Balaban J connectivity index is 1.22. The van der Waals surface area contributed by atoms with E-state index >= 15 is 0 Å². The summed E-state index contributed by atoms with van der Waals surface area (Å²) in [6.45, 7) is 3.39. The van der Waals surface area contributed by atoms with Gasteiger partial charge in [0.05, 0.1) is 5.56 Å². The van der Waals surface area contributed by atoms with Crippen LogP contribution in [0.2, 0.25) is 0 Å². The molecule has 2 aliphatic heterocycles. The Bertz CT molecular complexity index is 891. The number of fused-ring (bicyclic) bond motifs is 1. The third-order valence-corrected chi connectivity index (χ3v) is 5.00. The number of esters is 1. The largest absolute Gasteiger partial charge is 0.508 e. The van der Waals surface area contributed by atoms with Crippen molar-refractivity contribution >= 4 is 11.9 Å². The summed E-state index contributed by atoms with van der Waals surface area (Å²) in [7, 11) is 0. The van der Waals surface area contributed by atoms with Crippen molar-refractivity contribution in [1.82, 2.24) is 9.80 Å². The molecule has 0 saturated carbocycles. The molecule has 1 amide bonds. The standard InChI is InChI=1S/C21H22N2O6/c24-17-4-2-16(3-5-17)21(26)27-13-20(25)23-9-7-22(8-10-23)12-15-1-6-18-19(11-15)29-14-28-18/h1-6,11,24H,7-10,12-14H2. The summed E-state index contributed by atoms with van der Waals surface area (Å²) in [6.07, 6.45) is 0. The van der Waals surface area contributed by atoms with Crippen LogP contribution in [0.3, 0.4) is 0 Å². The molecule has 8 nitrogen and oxygen atoms in total. The van der Waals surface area contributed by atoms with Crippen LogP contribution in [0.5, 0.6) is 17.2 Å². The van der Waals surface area contributed by atoms with Crippen molar-refractivity contribution in [3.05, 3.63) is 53.6 Å². The maximum absolute atomic E-state index is 12.3. The number of hydrogen-bond acceptors (Lipinski definition) is 7. The van der Waals surface area contributed by atoms with Crippen molar-refractivity contribution in [3.63, 3.8) is 0 Å². The van der Waals surface area contributed by atoms with E-state index < -0.39 is 5.97 Å². The maximum atomic E-state index is 12.3. The van der Waals surface area contributed by atoms with E-state index in [-0.39, 0.29) is 25.1 Å². The average molecular weight is 398 g/mol. The van der Waals surface area contributed by atoms with Gasteiger partial charge in [0, 0.05) is 32.7 Å². The minimum absolute atomic E-state index is 0.0660. The van der Waals surface area contributed by atoms with Gasteiger partial charge in [-0.15, -0.1) is 0 Å². The Kier molecular flexibility index (Phi) is 5.53. The second kappa shape index (κ2) is 8.40. The lowest BCUT2D eigenvalue weighted by atomic mass is 10.1. The predicted octanol–water partition coefficient (Wildman–Crippen LogP) is 1.62. The molecule has 1 N–H and O–H groups in total. The summed E-state index contributed by atoms with van der Waals surface area (Å²) in [6, 6.07) is 11.6. The highest BCUT2D eigenvalue weighted by Crippen LogP contribution is 2.32. The zero-order valence-corrected chi connectivity index (χ0v) is 15.9. The van der Waals surface area contributed by atoms with Gasteiger partial charge in [-0.2, -0.15) is 0 Å². The SMILES string of the molecule is O=C(OCC(=O)N1CCN(Cc2ccc3c(c2)OCO3)CC1)c1ccc(O)cc1. The highest BCUT2D eigenvalue weighted by molar-refractivity contribution is 5.91. The Hall–Kier alpha value is -3.26. The average Bonchev–Trinajstić information content (AvgIpc) is 3.21. The van der Waals surface area contributed by atoms with Gasteiger partial charge in [0.1, 0.15) is 5.75 Å². The van der Waals surface area contributed by atoms with Crippen LogP contribution in [0.15, 0.2) is 42.5 Å². The van der Waals surface area contributed by atoms with Gasteiger partial charge in [-0.25, -0.2) is 4.79 Å². The molecule has 1 fully saturated rings. The molecule has 0 unspecified atom stereocenters. The number of benzene rings is 2. The van der Waals surface area contributed by atoms with Crippen LogP contribution >= 0.6 is 0 Å². The number of phenolic OH excluding ortho intramolecular Hbond substituents is 1. The molecular formula is C21H22N2O6. The molecule has 0 aromatic heterocycles. The molecule has 8 heteroatoms. The fourth-order valence-electron chi connectivity index (χ4n) is 3.35. The van der Waals surface area contributed by atoms with E-state index in [1.54, 1.807) is 4.90 Å². The van der Waals surface area contributed by atoms with E-state index in [4.69, 9.17) is 14.2 Å². The third-order valence-electron chi connectivity index (χ3n) is 5.00. The first kappa shape index (κ1) is 19.1. The number of amides is 1. The number of carbonyl (C=O) groups excluding carboxylic acids is 2. The van der Waals surface area contributed by atoms with E-state index in [0.29, 0.717) is 18.7 Å². The second-order valence-corrected chi connectivity index (χ2v) is 6.97. The first-order chi connectivity index (χ1) is 14.1. The van der Waals surface area contributed by atoms with Crippen LogP contribution < -0.4 is 9.47 Å². The van der Waals surface area contributed by atoms with Gasteiger partial charge in [-0.1, -0.05) is 6.07 Å². The molecule has 29 heavy (non-hydrogen) atoms. The highest BCUT2D eigenvalue weighted by atomic mass is 16.7. The number of ether oxygens (including phenoxy) is 3. The quantitative estimate of drug-likeness (QED) is 0.766. The normalized spacial score (nSPS) is 15.9. The van der Waals surface area contributed by atoms with Crippen LogP contribution in [-0.4, -0.2) is 66.4 Å². The molecule has 0 atom stereocenters. The molecule has 2 aliphatic rings. The lowest BCUT2D eigenvalue weighted by molar-refractivity contribution is -0.136. The number of aromatic hydroxyl groups is 1. The molecule has 4 rings (SSSR count). The van der Waals surface area contributed by atoms with Gasteiger partial charge in [0.15, 0.2) is 18.1 Å². The minimum atomic E-state index is -0.584. The third kappa shape index (κ3) is 4.60. The number of phenols is 1. The van der Waals surface area contributed by atoms with Crippen LogP contribution in [0.1, 0.15) is 15.9 Å². The Labute approximate surface area is 168 Å². The van der Waals surface area contributed by atoms with Crippen molar-refractivity contribution in [1.29, 1.82) is 0 Å². The number of hydrogen-bond donors (Lipinski definition) is 1. The summed E-state index contributed by atoms with van der Waals surface area (Å²) in [5, 5.41) is 9.25. The summed E-state index contributed by atoms with van der Waals surface area (Å²) >= 11 is 0. The van der Waals surface area contributed by atoms with Gasteiger partial charge in [0.25, 0.3) is 5.91 Å². The summed E-state index contributed by atoms with van der Waals surface area (Å²) in [4.78, 5) is 28.3. The molecule has 2 aromatic carbocycles. The Morgan fingerprint density at radius 3 is 2.45 bits per heavy atom.